The molecule has 2 saturated heterocycles. The van der Waals surface area contributed by atoms with Gasteiger partial charge in [0, 0.05) is 37.8 Å². The molecule has 7 heteroatoms. The van der Waals surface area contributed by atoms with Gasteiger partial charge in [0.25, 0.3) is 0 Å². The predicted octanol–water partition coefficient (Wildman–Crippen LogP) is 2.46. The highest BCUT2D eigenvalue weighted by molar-refractivity contribution is 5.47. The van der Waals surface area contributed by atoms with Gasteiger partial charge in [-0.15, -0.1) is 10.2 Å². The molecule has 0 aliphatic carbocycles. The Kier molecular flexibility index (Phi) is 5.38. The van der Waals surface area contributed by atoms with Crippen molar-refractivity contribution in [3.8, 4) is 0 Å². The van der Waals surface area contributed by atoms with E-state index in [2.05, 4.69) is 43.5 Å². The van der Waals surface area contributed by atoms with Crippen molar-refractivity contribution >= 4 is 5.82 Å². The van der Waals surface area contributed by atoms with E-state index in [1.54, 1.807) is 0 Å². The van der Waals surface area contributed by atoms with E-state index in [1.165, 1.54) is 31.5 Å². The lowest BCUT2D eigenvalue weighted by Crippen LogP contribution is -2.36. The highest BCUT2D eigenvalue weighted by Gasteiger charge is 2.28. The van der Waals surface area contributed by atoms with Crippen LogP contribution in [0.4, 0.5) is 5.82 Å². The van der Waals surface area contributed by atoms with Gasteiger partial charge >= 0.3 is 0 Å². The zero-order valence-electron chi connectivity index (χ0n) is 16.9. The lowest BCUT2D eigenvalue weighted by molar-refractivity contribution is 0.317. The number of piperidine rings is 1. The number of aryl methyl sites for hydroxylation is 2. The summed E-state index contributed by atoms with van der Waals surface area (Å²) in [4.78, 5) is 14.0. The van der Waals surface area contributed by atoms with Gasteiger partial charge in [0.1, 0.15) is 23.3 Å². The Hall–Kier alpha value is -2.02. The summed E-state index contributed by atoms with van der Waals surface area (Å²) in [7, 11) is 2.13. The van der Waals surface area contributed by atoms with Gasteiger partial charge in [-0.1, -0.05) is 6.92 Å². The molecule has 2 aliphatic rings. The van der Waals surface area contributed by atoms with Crippen LogP contribution in [0.5, 0.6) is 0 Å². The normalized spacial score (nSPS) is 21.1. The maximum absolute atomic E-state index is 4.76. The summed E-state index contributed by atoms with van der Waals surface area (Å²) >= 11 is 0. The number of hydrogen-bond donors (Lipinski definition) is 0. The molecule has 0 bridgehead atoms. The topological polar surface area (TPSA) is 63.0 Å². The summed E-state index contributed by atoms with van der Waals surface area (Å²) < 4.78 is 2.23. The molecule has 2 aliphatic heterocycles. The molecule has 4 heterocycles. The Balaban J connectivity index is 1.52. The van der Waals surface area contributed by atoms with Crippen molar-refractivity contribution in [3.05, 3.63) is 29.2 Å². The van der Waals surface area contributed by atoms with Crippen LogP contribution < -0.4 is 4.90 Å². The third-order valence-corrected chi connectivity index (χ3v) is 5.99. The van der Waals surface area contributed by atoms with Crippen molar-refractivity contribution in [1.82, 2.24) is 29.6 Å². The van der Waals surface area contributed by atoms with Gasteiger partial charge in [0.05, 0.1) is 6.54 Å². The first-order valence-electron chi connectivity index (χ1n) is 10.3. The lowest BCUT2D eigenvalue weighted by Gasteiger charge is -2.34. The Morgan fingerprint density at radius 2 is 1.93 bits per heavy atom. The smallest absolute Gasteiger partial charge is 0.146 e. The molecule has 146 valence electrons. The van der Waals surface area contributed by atoms with E-state index >= 15 is 0 Å². The van der Waals surface area contributed by atoms with Crippen LogP contribution >= 0.6 is 0 Å². The molecular weight excluding hydrogens is 338 g/mol. The first-order valence-corrected chi connectivity index (χ1v) is 10.3. The number of likely N-dealkylation sites (tertiary alicyclic amines) is 1. The Morgan fingerprint density at radius 1 is 1.11 bits per heavy atom. The number of anilines is 1. The van der Waals surface area contributed by atoms with Gasteiger partial charge in [-0.2, -0.15) is 0 Å². The lowest BCUT2D eigenvalue weighted by atomic mass is 9.96. The number of aromatic nitrogens is 5. The number of hydrogen-bond acceptors (Lipinski definition) is 6. The van der Waals surface area contributed by atoms with Gasteiger partial charge in [-0.25, -0.2) is 9.97 Å². The minimum atomic E-state index is 0.406. The third kappa shape index (κ3) is 3.83. The fourth-order valence-corrected chi connectivity index (χ4v) is 4.40. The van der Waals surface area contributed by atoms with Crippen molar-refractivity contribution in [2.45, 2.75) is 58.4 Å². The van der Waals surface area contributed by atoms with Crippen molar-refractivity contribution in [2.75, 3.05) is 31.1 Å². The first kappa shape index (κ1) is 18.3. The van der Waals surface area contributed by atoms with Crippen LogP contribution in [0.2, 0.25) is 0 Å². The second-order valence-electron chi connectivity index (χ2n) is 7.92. The minimum Gasteiger partial charge on any atom is -0.356 e. The standard InChI is InChI=1S/C20H31N7/c1-4-16-12-21-15(2)22-19(16)27-11-7-8-17(13-27)20-24-23-18(25(20)3)14-26-9-5-6-10-26/h12,17H,4-11,13-14H2,1-3H3/t17-/m0/s1. The fourth-order valence-electron chi connectivity index (χ4n) is 4.40. The minimum absolute atomic E-state index is 0.406. The Labute approximate surface area is 161 Å². The van der Waals surface area contributed by atoms with Crippen LogP contribution in [-0.2, 0) is 20.0 Å². The highest BCUT2D eigenvalue weighted by Crippen LogP contribution is 2.30. The van der Waals surface area contributed by atoms with Gasteiger partial charge in [0.2, 0.25) is 0 Å². The van der Waals surface area contributed by atoms with Crippen LogP contribution in [0.15, 0.2) is 6.20 Å². The van der Waals surface area contributed by atoms with E-state index in [4.69, 9.17) is 4.98 Å². The molecule has 0 spiro atoms. The molecular formula is C20H31N7. The average Bonchev–Trinajstić information content (AvgIpc) is 3.33. The molecule has 2 aromatic heterocycles. The van der Waals surface area contributed by atoms with Crippen molar-refractivity contribution in [1.29, 1.82) is 0 Å². The van der Waals surface area contributed by atoms with Crippen LogP contribution in [0.3, 0.4) is 0 Å². The van der Waals surface area contributed by atoms with Crippen molar-refractivity contribution in [3.63, 3.8) is 0 Å². The Morgan fingerprint density at radius 3 is 2.70 bits per heavy atom. The summed E-state index contributed by atoms with van der Waals surface area (Å²) in [5.41, 5.74) is 1.23. The van der Waals surface area contributed by atoms with E-state index in [0.717, 1.165) is 62.2 Å². The zero-order valence-corrected chi connectivity index (χ0v) is 16.9. The van der Waals surface area contributed by atoms with Gasteiger partial charge < -0.3 is 9.47 Å². The summed E-state index contributed by atoms with van der Waals surface area (Å²) in [5, 5.41) is 9.12. The monoisotopic (exact) mass is 369 g/mol. The maximum atomic E-state index is 4.76. The average molecular weight is 370 g/mol. The summed E-state index contributed by atoms with van der Waals surface area (Å²) in [5.74, 6) is 4.57. The van der Waals surface area contributed by atoms with E-state index < -0.39 is 0 Å². The summed E-state index contributed by atoms with van der Waals surface area (Å²) in [6.07, 6.45) is 7.88. The molecule has 0 aromatic carbocycles. The number of rotatable bonds is 5. The van der Waals surface area contributed by atoms with Crippen molar-refractivity contribution < 1.29 is 0 Å². The van der Waals surface area contributed by atoms with E-state index in [-0.39, 0.29) is 0 Å². The van der Waals surface area contributed by atoms with Gasteiger partial charge in [-0.05, 0) is 52.1 Å². The molecule has 4 rings (SSSR count). The van der Waals surface area contributed by atoms with E-state index in [9.17, 15) is 0 Å². The van der Waals surface area contributed by atoms with Gasteiger partial charge in [0.15, 0.2) is 0 Å². The van der Waals surface area contributed by atoms with Crippen LogP contribution in [0.25, 0.3) is 0 Å². The molecule has 7 nitrogen and oxygen atoms in total. The molecule has 0 N–H and O–H groups in total. The third-order valence-electron chi connectivity index (χ3n) is 5.99. The molecule has 1 atom stereocenters. The molecule has 2 aromatic rings. The largest absolute Gasteiger partial charge is 0.356 e. The highest BCUT2D eigenvalue weighted by atomic mass is 15.3. The summed E-state index contributed by atoms with van der Waals surface area (Å²) in [6, 6.07) is 0. The zero-order chi connectivity index (χ0) is 18.8. The first-order chi connectivity index (χ1) is 13.2. The molecule has 0 unspecified atom stereocenters. The van der Waals surface area contributed by atoms with Crippen LogP contribution in [0, 0.1) is 6.92 Å². The summed E-state index contributed by atoms with van der Waals surface area (Å²) in [6.45, 7) is 9.45. The molecule has 0 amide bonds. The second-order valence-corrected chi connectivity index (χ2v) is 7.92. The van der Waals surface area contributed by atoms with Gasteiger partial charge in [-0.3, -0.25) is 4.90 Å². The number of nitrogens with zero attached hydrogens (tertiary/aromatic N) is 7. The second kappa shape index (κ2) is 7.92. The van der Waals surface area contributed by atoms with E-state index in [1.807, 2.05) is 13.1 Å². The Bertz CT molecular complexity index is 779. The van der Waals surface area contributed by atoms with Crippen molar-refractivity contribution in [2.24, 2.45) is 7.05 Å². The predicted molar refractivity (Wildman–Crippen MR) is 106 cm³/mol. The SMILES string of the molecule is CCc1cnc(C)nc1N1CCC[C@H](c2nnc(CN3CCCC3)n2C)C1. The molecule has 0 saturated carbocycles. The fraction of sp³-hybridized carbons (Fsp3) is 0.700. The maximum Gasteiger partial charge on any atom is 0.146 e. The molecule has 2 fully saturated rings. The molecule has 0 radical (unpaired) electrons. The quantitative estimate of drug-likeness (QED) is 0.807. The van der Waals surface area contributed by atoms with Crippen LogP contribution in [-0.4, -0.2) is 55.8 Å². The molecule has 27 heavy (non-hydrogen) atoms. The van der Waals surface area contributed by atoms with Crippen LogP contribution in [0.1, 0.15) is 61.6 Å². The van der Waals surface area contributed by atoms with E-state index in [0.29, 0.717) is 5.92 Å².